The van der Waals surface area contributed by atoms with Gasteiger partial charge in [-0.05, 0) is 112 Å². The third kappa shape index (κ3) is 4.81. The molecule has 0 bridgehead atoms. The van der Waals surface area contributed by atoms with Crippen LogP contribution in [0.25, 0.3) is 122 Å². The molecule has 13 rings (SSSR count). The second-order valence-corrected chi connectivity index (χ2v) is 15.9. The first-order valence-corrected chi connectivity index (χ1v) is 20.6. The van der Waals surface area contributed by atoms with Gasteiger partial charge in [-0.15, -0.1) is 0 Å². The molecule has 1 aliphatic carbocycles. The number of hydrogen-bond acceptors (Lipinski definition) is 1. The van der Waals surface area contributed by atoms with Crippen molar-refractivity contribution in [2.75, 3.05) is 0 Å². The molecule has 0 atom stereocenters. The Bertz CT molecular complexity index is 3670. The Labute approximate surface area is 346 Å². The van der Waals surface area contributed by atoms with Crippen molar-refractivity contribution >= 4 is 54.4 Å². The van der Waals surface area contributed by atoms with Gasteiger partial charge >= 0.3 is 0 Å². The molecule has 1 aliphatic rings. The van der Waals surface area contributed by atoms with Crippen LogP contribution in [0.5, 0.6) is 0 Å². The summed E-state index contributed by atoms with van der Waals surface area (Å²) in [7, 11) is 0. The lowest BCUT2D eigenvalue weighted by Crippen LogP contribution is -1.93. The number of hydrogen-bond donors (Lipinski definition) is 0. The van der Waals surface area contributed by atoms with Crippen LogP contribution in [-0.2, 0) is 0 Å². The molecule has 3 heterocycles. The van der Waals surface area contributed by atoms with Crippen molar-refractivity contribution in [3.8, 4) is 67.1 Å². The summed E-state index contributed by atoms with van der Waals surface area (Å²) >= 11 is 0. The van der Waals surface area contributed by atoms with Crippen molar-refractivity contribution in [2.24, 2.45) is 0 Å². The van der Waals surface area contributed by atoms with E-state index in [-0.39, 0.29) is 0 Å². The van der Waals surface area contributed by atoms with Crippen LogP contribution in [0.2, 0.25) is 0 Å². The minimum atomic E-state index is 1.01. The van der Waals surface area contributed by atoms with Crippen LogP contribution in [0.1, 0.15) is 0 Å². The van der Waals surface area contributed by atoms with E-state index in [4.69, 9.17) is 4.98 Å². The highest BCUT2D eigenvalue weighted by Crippen LogP contribution is 2.49. The van der Waals surface area contributed by atoms with E-state index in [2.05, 4.69) is 222 Å². The fraction of sp³-hybridized carbons (Fsp3) is 0. The topological polar surface area (TPSA) is 22.8 Å². The van der Waals surface area contributed by atoms with Crippen molar-refractivity contribution in [3.63, 3.8) is 0 Å². The zero-order valence-corrected chi connectivity index (χ0v) is 32.5. The molecule has 9 aromatic carbocycles. The quantitative estimate of drug-likeness (QED) is 0.171. The number of aromatic nitrogens is 3. The predicted octanol–water partition coefficient (Wildman–Crippen LogP) is 15.1. The average molecular weight is 762 g/mol. The number of para-hydroxylation sites is 3. The Morgan fingerprint density at radius 2 is 0.733 bits per heavy atom. The second-order valence-electron chi connectivity index (χ2n) is 15.9. The molecule has 0 spiro atoms. The van der Waals surface area contributed by atoms with Gasteiger partial charge in [0.05, 0.1) is 27.8 Å². The van der Waals surface area contributed by atoms with Crippen LogP contribution in [-0.4, -0.2) is 14.1 Å². The molecule has 0 radical (unpaired) electrons. The van der Waals surface area contributed by atoms with Crippen molar-refractivity contribution in [3.05, 3.63) is 212 Å². The molecular formula is C57H35N3. The van der Waals surface area contributed by atoms with Gasteiger partial charge in [-0.25, -0.2) is 0 Å². The van der Waals surface area contributed by atoms with Crippen molar-refractivity contribution < 1.29 is 0 Å². The Kier molecular flexibility index (Phi) is 7.01. The molecule has 3 heteroatoms. The third-order valence-corrected chi connectivity index (χ3v) is 12.7. The van der Waals surface area contributed by atoms with E-state index in [9.17, 15) is 0 Å². The van der Waals surface area contributed by atoms with E-state index in [1.54, 1.807) is 0 Å². The first kappa shape index (κ1) is 33.0. The summed E-state index contributed by atoms with van der Waals surface area (Å²) in [5, 5.41) is 7.44. The largest absolute Gasteiger partial charge is 0.309 e. The SMILES string of the molecule is c1ccc(-n2c3ccccc3c3cc(-c4ccc5c(c4)c4cc(-c6cccc(-c7ncc8c9c(cccc79)-c7ccccc7-8)c6)ccc4n5-c4ccccc4)ccc32)cc1. The van der Waals surface area contributed by atoms with Gasteiger partial charge in [0.1, 0.15) is 0 Å². The van der Waals surface area contributed by atoms with Gasteiger partial charge in [0.2, 0.25) is 0 Å². The van der Waals surface area contributed by atoms with Crippen molar-refractivity contribution in [2.45, 2.75) is 0 Å². The maximum atomic E-state index is 5.13. The summed E-state index contributed by atoms with van der Waals surface area (Å²) in [5.74, 6) is 0. The third-order valence-electron chi connectivity index (χ3n) is 12.7. The summed E-state index contributed by atoms with van der Waals surface area (Å²) in [6.45, 7) is 0. The van der Waals surface area contributed by atoms with Crippen LogP contribution in [0.15, 0.2) is 212 Å². The molecule has 0 saturated carbocycles. The molecule has 0 aliphatic heterocycles. The highest BCUT2D eigenvalue weighted by molar-refractivity contribution is 6.18. The zero-order chi connectivity index (χ0) is 39.3. The van der Waals surface area contributed by atoms with Gasteiger partial charge in [-0.3, -0.25) is 4.98 Å². The standard InChI is InChI=1S/C57H35N3/c1-3-15-41(16-4-1)59-52-24-10-9-21-45(52)48-32-38(26-28-53(48)59)39-27-30-55-50(34-39)49-33-37(25-29-54(49)60(55)42-17-5-2-6-18-42)36-13-11-14-40(31-36)57-47-23-12-22-46-43-19-7-8-20-44(43)51(35-58-57)56(46)47/h1-35H. The number of fused-ring (bicyclic) bond motifs is 9. The first-order chi connectivity index (χ1) is 29.8. The maximum absolute atomic E-state index is 5.13. The summed E-state index contributed by atoms with van der Waals surface area (Å²) in [4.78, 5) is 5.13. The van der Waals surface area contributed by atoms with Gasteiger partial charge in [-0.1, -0.05) is 133 Å². The van der Waals surface area contributed by atoms with E-state index < -0.39 is 0 Å². The average Bonchev–Trinajstić information content (AvgIpc) is 3.95. The first-order valence-electron chi connectivity index (χ1n) is 20.6. The predicted molar refractivity (Wildman–Crippen MR) is 251 cm³/mol. The highest BCUT2D eigenvalue weighted by atomic mass is 15.0. The molecule has 0 unspecified atom stereocenters. The monoisotopic (exact) mass is 761 g/mol. The highest BCUT2D eigenvalue weighted by Gasteiger charge is 2.23. The van der Waals surface area contributed by atoms with Crippen LogP contribution < -0.4 is 0 Å². The summed E-state index contributed by atoms with van der Waals surface area (Å²) in [5.41, 5.74) is 19.0. The minimum Gasteiger partial charge on any atom is -0.309 e. The Balaban J connectivity index is 0.969. The van der Waals surface area contributed by atoms with Crippen molar-refractivity contribution in [1.82, 2.24) is 14.1 Å². The van der Waals surface area contributed by atoms with E-state index in [1.807, 2.05) is 0 Å². The lowest BCUT2D eigenvalue weighted by atomic mass is 9.96. The molecule has 0 saturated heterocycles. The molecular weight excluding hydrogens is 727 g/mol. The van der Waals surface area contributed by atoms with Gasteiger partial charge < -0.3 is 9.13 Å². The smallest absolute Gasteiger partial charge is 0.0781 e. The molecule has 0 amide bonds. The van der Waals surface area contributed by atoms with E-state index in [0.717, 1.165) is 16.9 Å². The van der Waals surface area contributed by atoms with E-state index in [0.29, 0.717) is 0 Å². The fourth-order valence-electron chi connectivity index (χ4n) is 10.0. The number of benzene rings is 9. The lowest BCUT2D eigenvalue weighted by molar-refractivity contribution is 1.18. The molecule has 278 valence electrons. The zero-order valence-electron chi connectivity index (χ0n) is 32.5. The summed E-state index contributed by atoms with van der Waals surface area (Å²) < 4.78 is 4.78. The van der Waals surface area contributed by atoms with Crippen LogP contribution in [0.3, 0.4) is 0 Å². The van der Waals surface area contributed by atoms with Gasteiger partial charge in [-0.2, -0.15) is 0 Å². The Morgan fingerprint density at radius 3 is 1.37 bits per heavy atom. The lowest BCUT2D eigenvalue weighted by Gasteiger charge is -2.11. The van der Waals surface area contributed by atoms with Gasteiger partial charge in [0.15, 0.2) is 0 Å². The molecule has 3 nitrogen and oxygen atoms in total. The minimum absolute atomic E-state index is 1.01. The van der Waals surface area contributed by atoms with Crippen LogP contribution in [0.4, 0.5) is 0 Å². The number of pyridine rings is 1. The normalized spacial score (nSPS) is 12.0. The Morgan fingerprint density at radius 1 is 0.283 bits per heavy atom. The van der Waals surface area contributed by atoms with E-state index >= 15 is 0 Å². The van der Waals surface area contributed by atoms with Crippen LogP contribution in [0, 0.1) is 0 Å². The maximum Gasteiger partial charge on any atom is 0.0781 e. The number of rotatable bonds is 5. The van der Waals surface area contributed by atoms with Crippen molar-refractivity contribution in [1.29, 1.82) is 0 Å². The van der Waals surface area contributed by atoms with Gasteiger partial charge in [0, 0.05) is 61.0 Å². The molecule has 0 N–H and O–H groups in total. The second kappa shape index (κ2) is 12.7. The van der Waals surface area contributed by atoms with Gasteiger partial charge in [0.25, 0.3) is 0 Å². The van der Waals surface area contributed by atoms with Crippen LogP contribution >= 0.6 is 0 Å². The molecule has 0 fully saturated rings. The summed E-state index contributed by atoms with van der Waals surface area (Å²) in [6, 6.07) is 75.2. The molecule has 3 aromatic heterocycles. The van der Waals surface area contributed by atoms with E-state index in [1.165, 1.54) is 105 Å². The molecule has 12 aromatic rings. The molecule has 60 heavy (non-hydrogen) atoms. The fourth-order valence-corrected chi connectivity index (χ4v) is 10.0. The Hall–Kier alpha value is -8.01. The summed E-state index contributed by atoms with van der Waals surface area (Å²) in [6.07, 6.45) is 2.07. The number of nitrogens with zero attached hydrogens (tertiary/aromatic N) is 3.